The molecule has 1 heterocycles. The summed E-state index contributed by atoms with van der Waals surface area (Å²) in [6, 6.07) is 8.66. The zero-order valence-corrected chi connectivity index (χ0v) is 13.5. The van der Waals surface area contributed by atoms with Crippen LogP contribution in [-0.4, -0.2) is 6.54 Å². The van der Waals surface area contributed by atoms with Crippen molar-refractivity contribution in [3.63, 3.8) is 0 Å². The van der Waals surface area contributed by atoms with E-state index in [9.17, 15) is 0 Å². The lowest BCUT2D eigenvalue weighted by Gasteiger charge is -2.30. The van der Waals surface area contributed by atoms with Gasteiger partial charge in [0, 0.05) is 23.2 Å². The highest BCUT2D eigenvalue weighted by atomic mass is 14.9. The van der Waals surface area contributed by atoms with Crippen LogP contribution in [0.3, 0.4) is 0 Å². The summed E-state index contributed by atoms with van der Waals surface area (Å²) in [5.41, 5.74) is 5.76. The third-order valence-electron chi connectivity index (χ3n) is 4.38. The van der Waals surface area contributed by atoms with Crippen LogP contribution in [0.5, 0.6) is 0 Å². The molecule has 0 spiro atoms. The van der Waals surface area contributed by atoms with Gasteiger partial charge in [0.2, 0.25) is 0 Å². The van der Waals surface area contributed by atoms with E-state index in [0.717, 1.165) is 13.0 Å². The summed E-state index contributed by atoms with van der Waals surface area (Å²) < 4.78 is 0. The van der Waals surface area contributed by atoms with Gasteiger partial charge < -0.3 is 5.32 Å². The molecule has 0 saturated carbocycles. The normalized spacial score (nSPS) is 22.5. The highest BCUT2D eigenvalue weighted by Gasteiger charge is 2.26. The Kier molecular flexibility index (Phi) is 3.32. The lowest BCUT2D eigenvalue weighted by atomic mass is 9.81. The number of para-hydroxylation sites is 1. The van der Waals surface area contributed by atoms with Crippen molar-refractivity contribution in [2.75, 3.05) is 11.9 Å². The molecule has 0 amide bonds. The Labute approximate surface area is 128 Å². The van der Waals surface area contributed by atoms with Crippen LogP contribution in [0.1, 0.15) is 39.7 Å². The van der Waals surface area contributed by atoms with Crippen LogP contribution in [0.4, 0.5) is 5.69 Å². The van der Waals surface area contributed by atoms with E-state index in [4.69, 9.17) is 0 Å². The zero-order valence-electron chi connectivity index (χ0n) is 13.5. The molecule has 3 rings (SSSR count). The molecule has 0 aromatic heterocycles. The van der Waals surface area contributed by atoms with Crippen molar-refractivity contribution in [3.05, 3.63) is 59.7 Å². The van der Waals surface area contributed by atoms with E-state index >= 15 is 0 Å². The number of nitrogens with one attached hydrogen (secondary N) is 1. The molecule has 1 aromatic carbocycles. The second-order valence-corrected chi connectivity index (χ2v) is 7.67. The number of hydrogen-bond donors (Lipinski definition) is 1. The quantitative estimate of drug-likeness (QED) is 0.667. The number of hydrogen-bond acceptors (Lipinski definition) is 1. The molecule has 21 heavy (non-hydrogen) atoms. The predicted octanol–water partition coefficient (Wildman–Crippen LogP) is 5.43. The van der Waals surface area contributed by atoms with Crippen molar-refractivity contribution in [2.45, 2.75) is 34.1 Å². The minimum Gasteiger partial charge on any atom is -0.384 e. The number of allylic oxidation sites excluding steroid dienone is 6. The predicted molar refractivity (Wildman–Crippen MR) is 92.3 cm³/mol. The van der Waals surface area contributed by atoms with Gasteiger partial charge in [-0.2, -0.15) is 0 Å². The van der Waals surface area contributed by atoms with Gasteiger partial charge >= 0.3 is 0 Å². The van der Waals surface area contributed by atoms with E-state index in [-0.39, 0.29) is 10.8 Å². The first-order valence-corrected chi connectivity index (χ1v) is 7.81. The Bertz CT molecular complexity index is 642. The molecule has 0 saturated heterocycles. The van der Waals surface area contributed by atoms with Crippen LogP contribution in [-0.2, 0) is 0 Å². The van der Waals surface area contributed by atoms with Gasteiger partial charge in [-0.25, -0.2) is 0 Å². The minimum absolute atomic E-state index is 0.119. The smallest absolute Gasteiger partial charge is 0.0420 e. The fourth-order valence-corrected chi connectivity index (χ4v) is 3.07. The molecule has 0 unspecified atom stereocenters. The van der Waals surface area contributed by atoms with Gasteiger partial charge in [-0.05, 0) is 29.0 Å². The van der Waals surface area contributed by atoms with Crippen LogP contribution < -0.4 is 5.32 Å². The first-order valence-electron chi connectivity index (χ1n) is 7.81. The largest absolute Gasteiger partial charge is 0.384 e. The third kappa shape index (κ3) is 2.97. The van der Waals surface area contributed by atoms with Gasteiger partial charge in [-0.3, -0.25) is 0 Å². The molecule has 0 fully saturated rings. The molecule has 0 radical (unpaired) electrons. The monoisotopic (exact) mass is 279 g/mol. The summed E-state index contributed by atoms with van der Waals surface area (Å²) in [4.78, 5) is 0. The summed E-state index contributed by atoms with van der Waals surface area (Å²) in [7, 11) is 0. The summed E-state index contributed by atoms with van der Waals surface area (Å²) in [5.74, 6) is 0. The van der Waals surface area contributed by atoms with E-state index in [2.05, 4.69) is 81.6 Å². The van der Waals surface area contributed by atoms with Crippen molar-refractivity contribution < 1.29 is 0 Å². The number of rotatable bonds is 0. The van der Waals surface area contributed by atoms with Crippen LogP contribution >= 0.6 is 0 Å². The average Bonchev–Trinajstić information content (AvgIpc) is 2.55. The Morgan fingerprint density at radius 1 is 0.952 bits per heavy atom. The van der Waals surface area contributed by atoms with E-state index < -0.39 is 0 Å². The Morgan fingerprint density at radius 2 is 1.67 bits per heavy atom. The van der Waals surface area contributed by atoms with Gasteiger partial charge in [0.25, 0.3) is 0 Å². The molecule has 110 valence electrons. The number of fused-ring (bicyclic) bond motifs is 2. The topological polar surface area (TPSA) is 12.0 Å². The Hall–Kier alpha value is -1.76. The maximum atomic E-state index is 3.64. The summed E-state index contributed by atoms with van der Waals surface area (Å²) in [6.07, 6.45) is 10.4. The molecule has 1 aliphatic heterocycles. The van der Waals surface area contributed by atoms with Crippen LogP contribution in [0, 0.1) is 10.8 Å². The van der Waals surface area contributed by atoms with Crippen molar-refractivity contribution in [2.24, 2.45) is 10.8 Å². The molecular weight excluding hydrogens is 254 g/mol. The van der Waals surface area contributed by atoms with Gasteiger partial charge in [-0.1, -0.05) is 70.2 Å². The molecule has 1 aliphatic carbocycles. The minimum atomic E-state index is 0.119. The highest BCUT2D eigenvalue weighted by Crippen LogP contribution is 2.40. The number of benzene rings is 1. The first-order chi connectivity index (χ1) is 9.86. The van der Waals surface area contributed by atoms with E-state index in [1.54, 1.807) is 0 Å². The first kappa shape index (κ1) is 14.2. The van der Waals surface area contributed by atoms with Crippen LogP contribution in [0.15, 0.2) is 54.1 Å². The van der Waals surface area contributed by atoms with E-state index in [1.165, 1.54) is 22.4 Å². The summed E-state index contributed by atoms with van der Waals surface area (Å²) in [5, 5.41) is 3.64. The van der Waals surface area contributed by atoms with Crippen molar-refractivity contribution >= 4 is 11.3 Å². The zero-order chi connectivity index (χ0) is 15.1. The average molecular weight is 279 g/mol. The van der Waals surface area contributed by atoms with Crippen molar-refractivity contribution in [1.82, 2.24) is 0 Å². The fourth-order valence-electron chi connectivity index (χ4n) is 3.07. The van der Waals surface area contributed by atoms with Crippen LogP contribution in [0.25, 0.3) is 5.57 Å². The molecule has 1 heteroatoms. The van der Waals surface area contributed by atoms with Gasteiger partial charge in [0.05, 0.1) is 0 Å². The van der Waals surface area contributed by atoms with Gasteiger partial charge in [0.1, 0.15) is 0 Å². The Morgan fingerprint density at radius 3 is 2.48 bits per heavy atom. The maximum absolute atomic E-state index is 3.64. The molecule has 1 aromatic rings. The van der Waals surface area contributed by atoms with Crippen LogP contribution in [0.2, 0.25) is 0 Å². The molecule has 1 nitrogen and oxygen atoms in total. The van der Waals surface area contributed by atoms with Crippen molar-refractivity contribution in [3.8, 4) is 0 Å². The van der Waals surface area contributed by atoms with Gasteiger partial charge in [-0.15, -0.1) is 0 Å². The SMILES string of the molecule is CC1(C)C=CC2=C(C=C1)c1ccccc1NCC(C)(C)C2. The molecular formula is C20H25N. The molecule has 0 bridgehead atoms. The maximum Gasteiger partial charge on any atom is 0.0420 e. The summed E-state index contributed by atoms with van der Waals surface area (Å²) >= 11 is 0. The summed E-state index contributed by atoms with van der Waals surface area (Å²) in [6.45, 7) is 10.2. The third-order valence-corrected chi connectivity index (χ3v) is 4.38. The van der Waals surface area contributed by atoms with E-state index in [1.807, 2.05) is 0 Å². The van der Waals surface area contributed by atoms with Gasteiger partial charge in [0.15, 0.2) is 0 Å². The second kappa shape index (κ2) is 4.91. The molecule has 1 N–H and O–H groups in total. The highest BCUT2D eigenvalue weighted by molar-refractivity contribution is 5.86. The number of anilines is 1. The molecule has 2 aliphatic rings. The second-order valence-electron chi connectivity index (χ2n) is 7.67. The molecule has 0 atom stereocenters. The van der Waals surface area contributed by atoms with Crippen molar-refractivity contribution in [1.29, 1.82) is 0 Å². The lowest BCUT2D eigenvalue weighted by Crippen LogP contribution is -2.25. The standard InChI is InChI=1S/C20H25N/c1-19(2)11-9-15-13-20(3,4)14-21-18-8-6-5-7-17(18)16(15)10-12-19/h5-12,21H,13-14H2,1-4H3. The lowest BCUT2D eigenvalue weighted by molar-refractivity contribution is 0.391. The Balaban J connectivity index is 2.20. The van der Waals surface area contributed by atoms with E-state index in [0.29, 0.717) is 0 Å². The fraction of sp³-hybridized carbons (Fsp3) is 0.400.